The minimum Gasteiger partial charge on any atom is -0.489 e. The highest BCUT2D eigenvalue weighted by Gasteiger charge is 2.31. The first-order valence-electron chi connectivity index (χ1n) is 11.5. The zero-order chi connectivity index (χ0) is 23.5. The number of hydrogen-bond donors (Lipinski definition) is 1. The average Bonchev–Trinajstić information content (AvgIpc) is 3.37. The number of amides is 1. The molecule has 2 aliphatic rings. The van der Waals surface area contributed by atoms with Gasteiger partial charge in [-0.1, -0.05) is 11.6 Å². The Morgan fingerprint density at radius 1 is 1.24 bits per heavy atom. The van der Waals surface area contributed by atoms with E-state index < -0.39 is 5.97 Å². The van der Waals surface area contributed by atoms with Gasteiger partial charge in [0.2, 0.25) is 0 Å². The van der Waals surface area contributed by atoms with E-state index in [2.05, 4.69) is 15.3 Å². The minimum absolute atomic E-state index is 0.0459. The molecule has 2 aromatic heterocycles. The smallest absolute Gasteiger partial charge is 0.409 e. The monoisotopic (exact) mass is 457 g/mol. The first kappa shape index (κ1) is 23.0. The Kier molecular flexibility index (Phi) is 6.80. The highest BCUT2D eigenvalue weighted by molar-refractivity contribution is 5.70. The fourth-order valence-corrected chi connectivity index (χ4v) is 4.37. The van der Waals surface area contributed by atoms with Crippen molar-refractivity contribution in [1.82, 2.24) is 24.9 Å². The lowest BCUT2D eigenvalue weighted by Crippen LogP contribution is -2.34. The van der Waals surface area contributed by atoms with E-state index in [4.69, 9.17) is 9.47 Å². The molecule has 0 aliphatic heterocycles. The van der Waals surface area contributed by atoms with Crippen LogP contribution in [0.2, 0.25) is 0 Å². The van der Waals surface area contributed by atoms with Crippen molar-refractivity contribution in [2.45, 2.75) is 58.2 Å². The number of hydrogen-bond acceptors (Lipinski definition) is 7. The lowest BCUT2D eigenvalue weighted by Gasteiger charge is -2.29. The second kappa shape index (κ2) is 9.76. The van der Waals surface area contributed by atoms with Crippen LogP contribution in [0.15, 0.2) is 12.1 Å². The van der Waals surface area contributed by atoms with Crippen LogP contribution in [0.3, 0.4) is 0 Å². The molecule has 178 valence electrons. The fraction of sp³-hybridized carbons (Fsp3) is 0.609. The van der Waals surface area contributed by atoms with Crippen molar-refractivity contribution in [2.24, 2.45) is 18.9 Å². The Bertz CT molecular complexity index is 1020. The van der Waals surface area contributed by atoms with E-state index in [0.29, 0.717) is 60.3 Å². The summed E-state index contributed by atoms with van der Waals surface area (Å²) in [6.45, 7) is 2.60. The summed E-state index contributed by atoms with van der Waals surface area (Å²) in [4.78, 5) is 29.8. The topological polar surface area (TPSA) is 120 Å². The second-order valence-electron chi connectivity index (χ2n) is 9.11. The van der Waals surface area contributed by atoms with Crippen molar-refractivity contribution in [3.63, 3.8) is 0 Å². The molecule has 1 amide bonds. The number of pyridine rings is 1. The summed E-state index contributed by atoms with van der Waals surface area (Å²) in [6.07, 6.45) is 4.93. The van der Waals surface area contributed by atoms with Crippen LogP contribution in [0.5, 0.6) is 5.75 Å². The summed E-state index contributed by atoms with van der Waals surface area (Å²) >= 11 is 0. The average molecular weight is 458 g/mol. The van der Waals surface area contributed by atoms with Gasteiger partial charge in [-0.25, -0.2) is 14.5 Å². The van der Waals surface area contributed by atoms with Gasteiger partial charge in [0.05, 0.1) is 23.4 Å². The molecule has 2 fully saturated rings. The number of carbonyl (C=O) groups excluding carboxylic acids is 1. The van der Waals surface area contributed by atoms with E-state index in [1.807, 2.05) is 13.0 Å². The third-order valence-corrected chi connectivity index (χ3v) is 6.65. The molecule has 2 atom stereocenters. The molecule has 2 heterocycles. The number of aliphatic carboxylic acids is 1. The fourth-order valence-electron chi connectivity index (χ4n) is 4.37. The van der Waals surface area contributed by atoms with Crippen molar-refractivity contribution < 1.29 is 24.2 Å². The Morgan fingerprint density at radius 3 is 2.67 bits per heavy atom. The Labute approximate surface area is 192 Å². The van der Waals surface area contributed by atoms with Gasteiger partial charge in [-0.05, 0) is 57.1 Å². The maximum absolute atomic E-state index is 12.4. The number of carboxylic acid groups (broad SMARTS) is 1. The van der Waals surface area contributed by atoms with Crippen molar-refractivity contribution in [2.75, 3.05) is 13.6 Å². The van der Waals surface area contributed by atoms with Gasteiger partial charge in [0.15, 0.2) is 0 Å². The van der Waals surface area contributed by atoms with Crippen LogP contribution in [0.1, 0.15) is 49.9 Å². The molecule has 2 saturated carbocycles. The molecule has 0 unspecified atom stereocenters. The van der Waals surface area contributed by atoms with Gasteiger partial charge in [-0.15, -0.1) is 5.10 Å². The quantitative estimate of drug-likeness (QED) is 0.642. The molecule has 0 saturated heterocycles. The number of nitrogens with zero attached hydrogens (tertiary/aromatic N) is 5. The number of ether oxygens (including phenoxy) is 2. The highest BCUT2D eigenvalue weighted by Crippen LogP contribution is 2.31. The maximum atomic E-state index is 12.4. The summed E-state index contributed by atoms with van der Waals surface area (Å²) in [5.41, 5.74) is 2.49. The normalized spacial score (nSPS) is 20.3. The van der Waals surface area contributed by atoms with Gasteiger partial charge in [-0.2, -0.15) is 0 Å². The largest absolute Gasteiger partial charge is 0.489 e. The summed E-state index contributed by atoms with van der Waals surface area (Å²) in [7, 11) is 3.51. The molecule has 0 aromatic carbocycles. The van der Waals surface area contributed by atoms with E-state index >= 15 is 0 Å². The van der Waals surface area contributed by atoms with Gasteiger partial charge < -0.3 is 19.5 Å². The highest BCUT2D eigenvalue weighted by atomic mass is 16.6. The summed E-state index contributed by atoms with van der Waals surface area (Å²) in [5, 5.41) is 17.5. The molecule has 2 aliphatic carbocycles. The molecule has 2 aromatic rings. The molecule has 10 heteroatoms. The van der Waals surface area contributed by atoms with Crippen molar-refractivity contribution in [3.05, 3.63) is 23.5 Å². The van der Waals surface area contributed by atoms with Crippen LogP contribution >= 0.6 is 0 Å². The maximum Gasteiger partial charge on any atom is 0.409 e. The lowest BCUT2D eigenvalue weighted by atomic mass is 9.85. The third-order valence-electron chi connectivity index (χ3n) is 6.65. The van der Waals surface area contributed by atoms with Crippen LogP contribution < -0.4 is 4.74 Å². The van der Waals surface area contributed by atoms with Crippen LogP contribution in [-0.4, -0.2) is 61.7 Å². The number of carboxylic acids is 1. The molecule has 33 heavy (non-hydrogen) atoms. The molecule has 10 nitrogen and oxygen atoms in total. The molecular weight excluding hydrogens is 426 g/mol. The third kappa shape index (κ3) is 5.26. The Balaban J connectivity index is 1.40. The second-order valence-corrected chi connectivity index (χ2v) is 9.11. The van der Waals surface area contributed by atoms with Gasteiger partial charge >= 0.3 is 12.1 Å². The van der Waals surface area contributed by atoms with E-state index in [1.54, 1.807) is 29.7 Å². The number of rotatable bonds is 8. The van der Waals surface area contributed by atoms with Gasteiger partial charge in [0.25, 0.3) is 0 Å². The van der Waals surface area contributed by atoms with E-state index in [9.17, 15) is 14.7 Å². The van der Waals surface area contributed by atoms with E-state index in [0.717, 1.165) is 0 Å². The predicted octanol–water partition coefficient (Wildman–Crippen LogP) is 3.19. The molecular formula is C23H31N5O5. The van der Waals surface area contributed by atoms with Crippen LogP contribution in [0.25, 0.3) is 11.4 Å². The summed E-state index contributed by atoms with van der Waals surface area (Å²) in [6, 6.07) is 3.62. The van der Waals surface area contributed by atoms with Crippen LogP contribution in [-0.2, 0) is 23.2 Å². The molecule has 1 N–H and O–H groups in total. The molecule has 0 spiro atoms. The standard InChI is InChI=1S/C23H31N5O5/c1-14-20(33-17-8-7-16(11-17)22(29)30)10-9-18(24-14)21-19(28(3)26-25-21)13-32-23(31)27(2)12-15-5-4-6-15/h9-10,15-17H,4-8,11-13H2,1-3H3,(H,29,30)/t16-,17+/m1/s1. The predicted molar refractivity (Wildman–Crippen MR) is 119 cm³/mol. The van der Waals surface area contributed by atoms with Crippen molar-refractivity contribution in [1.29, 1.82) is 0 Å². The summed E-state index contributed by atoms with van der Waals surface area (Å²) < 4.78 is 13.1. The van der Waals surface area contributed by atoms with Crippen molar-refractivity contribution in [3.8, 4) is 17.1 Å². The van der Waals surface area contributed by atoms with Crippen LogP contribution in [0, 0.1) is 18.8 Å². The minimum atomic E-state index is -0.767. The van der Waals surface area contributed by atoms with Crippen LogP contribution in [0.4, 0.5) is 4.79 Å². The first-order valence-corrected chi connectivity index (χ1v) is 11.5. The van der Waals surface area contributed by atoms with E-state index in [1.165, 1.54) is 19.3 Å². The lowest BCUT2D eigenvalue weighted by molar-refractivity contribution is -0.141. The Hall–Kier alpha value is -3.17. The summed E-state index contributed by atoms with van der Waals surface area (Å²) in [5.74, 6) is 0.0875. The molecule has 0 bridgehead atoms. The molecule has 4 rings (SSSR count). The molecule has 0 radical (unpaired) electrons. The zero-order valence-electron chi connectivity index (χ0n) is 19.4. The number of aryl methyl sites for hydroxylation is 2. The first-order chi connectivity index (χ1) is 15.8. The van der Waals surface area contributed by atoms with Gasteiger partial charge in [0.1, 0.15) is 23.7 Å². The Morgan fingerprint density at radius 2 is 2.03 bits per heavy atom. The van der Waals surface area contributed by atoms with E-state index in [-0.39, 0.29) is 24.7 Å². The van der Waals surface area contributed by atoms with Gasteiger partial charge in [-0.3, -0.25) is 4.79 Å². The number of carbonyl (C=O) groups is 2. The number of aromatic nitrogens is 4. The van der Waals surface area contributed by atoms with Gasteiger partial charge in [0, 0.05) is 20.6 Å². The SMILES string of the molecule is Cc1nc(-c2nnn(C)c2COC(=O)N(C)CC2CCC2)ccc1O[C@H]1CC[C@@H](C(=O)O)C1. The van der Waals surface area contributed by atoms with Crippen molar-refractivity contribution >= 4 is 12.1 Å². The zero-order valence-corrected chi connectivity index (χ0v) is 19.4.